The molecule has 1 heterocycles. The molecule has 0 bridgehead atoms. The molecule has 1 aliphatic rings. The summed E-state index contributed by atoms with van der Waals surface area (Å²) in [5.41, 5.74) is 4.55. The van der Waals surface area contributed by atoms with Crippen LogP contribution in [0.25, 0.3) is 21.6 Å². The summed E-state index contributed by atoms with van der Waals surface area (Å²) in [6.45, 7) is 1.84. The van der Waals surface area contributed by atoms with Crippen molar-refractivity contribution < 1.29 is 19.4 Å². The molecule has 1 fully saturated rings. The maximum absolute atomic E-state index is 12.5. The first-order valence-corrected chi connectivity index (χ1v) is 13.1. The number of amides is 1. The molecule has 0 aliphatic heterocycles. The van der Waals surface area contributed by atoms with Gasteiger partial charge in [0.2, 0.25) is 0 Å². The number of halogens is 2. The molecule has 9 heteroatoms. The molecule has 188 valence electrons. The van der Waals surface area contributed by atoms with Gasteiger partial charge >= 0.3 is 12.1 Å². The van der Waals surface area contributed by atoms with Crippen LogP contribution in [0.2, 0.25) is 10.0 Å². The second kappa shape index (κ2) is 10.2. The number of carboxylic acid groups (broad SMARTS) is 1. The zero-order chi connectivity index (χ0) is 26.2. The predicted octanol–water partition coefficient (Wildman–Crippen LogP) is 7.96. The highest BCUT2D eigenvalue weighted by atomic mass is 35.5. The molecule has 0 unspecified atom stereocenters. The number of hydrogen-bond acceptors (Lipinski definition) is 5. The summed E-state index contributed by atoms with van der Waals surface area (Å²) in [6.07, 6.45) is 0.716. The van der Waals surface area contributed by atoms with Crippen LogP contribution < -0.4 is 5.32 Å². The minimum Gasteiger partial charge on any atom is -0.481 e. The van der Waals surface area contributed by atoms with Crippen molar-refractivity contribution in [3.63, 3.8) is 0 Å². The number of aromatic nitrogens is 1. The van der Waals surface area contributed by atoms with Crippen LogP contribution in [0.1, 0.15) is 29.7 Å². The highest BCUT2D eigenvalue weighted by Crippen LogP contribution is 2.48. The number of nitrogens with zero attached hydrogens (tertiary/aromatic N) is 1. The maximum atomic E-state index is 12.5. The number of anilines is 1. The van der Waals surface area contributed by atoms with Crippen LogP contribution in [0.5, 0.6) is 0 Å². The van der Waals surface area contributed by atoms with Gasteiger partial charge in [-0.15, -0.1) is 0 Å². The summed E-state index contributed by atoms with van der Waals surface area (Å²) in [5, 5.41) is 13.4. The van der Waals surface area contributed by atoms with Crippen molar-refractivity contribution in [3.8, 4) is 21.6 Å². The van der Waals surface area contributed by atoms with E-state index in [1.807, 2.05) is 54.6 Å². The van der Waals surface area contributed by atoms with Crippen LogP contribution in [0, 0.1) is 6.92 Å². The first kappa shape index (κ1) is 25.3. The Morgan fingerprint density at radius 2 is 1.73 bits per heavy atom. The monoisotopic (exact) mass is 552 g/mol. The molecule has 4 aromatic rings. The lowest BCUT2D eigenvalue weighted by molar-refractivity contribution is -0.140. The Hall–Kier alpha value is -3.39. The highest BCUT2D eigenvalue weighted by Gasteiger charge is 2.51. The average Bonchev–Trinajstić information content (AvgIpc) is 3.64. The third kappa shape index (κ3) is 5.07. The van der Waals surface area contributed by atoms with E-state index in [1.54, 1.807) is 19.1 Å². The van der Waals surface area contributed by atoms with Gasteiger partial charge in [-0.2, -0.15) is 4.37 Å². The van der Waals surface area contributed by atoms with Crippen LogP contribution in [0.4, 0.5) is 10.5 Å². The Morgan fingerprint density at radius 3 is 2.38 bits per heavy atom. The third-order valence-corrected chi connectivity index (χ3v) is 8.20. The van der Waals surface area contributed by atoms with E-state index < -0.39 is 17.5 Å². The maximum Gasteiger partial charge on any atom is 0.412 e. The first-order valence-electron chi connectivity index (χ1n) is 11.6. The molecule has 2 N–H and O–H groups in total. The Morgan fingerprint density at radius 1 is 1.03 bits per heavy atom. The lowest BCUT2D eigenvalue weighted by atomic mass is 9.93. The van der Waals surface area contributed by atoms with E-state index >= 15 is 0 Å². The molecule has 3 aromatic carbocycles. The fourth-order valence-electron chi connectivity index (χ4n) is 4.21. The van der Waals surface area contributed by atoms with Crippen LogP contribution >= 0.6 is 34.7 Å². The molecule has 1 aliphatic carbocycles. The van der Waals surface area contributed by atoms with Gasteiger partial charge in [-0.3, -0.25) is 10.1 Å². The van der Waals surface area contributed by atoms with Crippen molar-refractivity contribution in [2.24, 2.45) is 0 Å². The van der Waals surface area contributed by atoms with E-state index in [0.29, 0.717) is 39.8 Å². The number of carbonyl (C=O) groups excluding carboxylic acids is 1. The van der Waals surface area contributed by atoms with E-state index in [2.05, 4.69) is 9.69 Å². The van der Waals surface area contributed by atoms with Gasteiger partial charge < -0.3 is 9.84 Å². The minimum atomic E-state index is -0.773. The quantitative estimate of drug-likeness (QED) is 0.242. The normalized spacial score (nSPS) is 13.7. The van der Waals surface area contributed by atoms with Crippen molar-refractivity contribution in [1.29, 1.82) is 0 Å². The van der Waals surface area contributed by atoms with Gasteiger partial charge in [-0.05, 0) is 60.1 Å². The topological polar surface area (TPSA) is 88.5 Å². The number of benzene rings is 3. The zero-order valence-electron chi connectivity index (χ0n) is 19.8. The van der Waals surface area contributed by atoms with E-state index in [4.69, 9.17) is 27.9 Å². The number of nitrogens with one attached hydrogen (secondary N) is 1. The number of ether oxygens (including phenoxy) is 1. The van der Waals surface area contributed by atoms with Crippen molar-refractivity contribution >= 4 is 52.5 Å². The summed E-state index contributed by atoms with van der Waals surface area (Å²) in [5.74, 6) is -0.773. The molecular formula is C28H22Cl2N2O4S. The van der Waals surface area contributed by atoms with E-state index in [-0.39, 0.29) is 6.61 Å². The van der Waals surface area contributed by atoms with Crippen molar-refractivity contribution in [2.75, 3.05) is 5.32 Å². The Balaban J connectivity index is 1.33. The molecule has 0 atom stereocenters. The minimum absolute atomic E-state index is 0.0410. The van der Waals surface area contributed by atoms with Gasteiger partial charge in [0.05, 0.1) is 21.7 Å². The summed E-state index contributed by atoms with van der Waals surface area (Å²) in [4.78, 5) is 24.9. The SMILES string of the molecule is Cc1nsc(-c2ccc(-c3ccc(C4(C(=O)O)CC4)cc3)cc2Cl)c1NC(=O)OCc1ccccc1Cl. The van der Waals surface area contributed by atoms with E-state index in [1.165, 1.54) is 11.5 Å². The largest absolute Gasteiger partial charge is 0.481 e. The number of carbonyl (C=O) groups is 2. The molecule has 0 radical (unpaired) electrons. The van der Waals surface area contributed by atoms with Crippen LogP contribution in [-0.2, 0) is 21.6 Å². The van der Waals surface area contributed by atoms with Crippen LogP contribution in [0.15, 0.2) is 66.7 Å². The number of aliphatic carboxylic acids is 1. The molecule has 0 saturated heterocycles. The first-order chi connectivity index (χ1) is 17.8. The smallest absolute Gasteiger partial charge is 0.412 e. The second-order valence-corrected chi connectivity index (χ2v) is 10.5. The molecule has 37 heavy (non-hydrogen) atoms. The molecule has 5 rings (SSSR count). The lowest BCUT2D eigenvalue weighted by Crippen LogP contribution is -2.19. The van der Waals surface area contributed by atoms with Gasteiger partial charge in [0, 0.05) is 21.2 Å². The number of hydrogen-bond donors (Lipinski definition) is 2. The standard InChI is InChI=1S/C28H22Cl2N2O4S/c1-16-24(31-27(35)36-15-19-4-2-3-5-22(19)29)25(37-32-16)21-11-8-18(14-23(21)30)17-6-9-20(10-7-17)28(12-13-28)26(33)34/h2-11,14H,12-13,15H2,1H3,(H,31,35)(H,33,34). The summed E-state index contributed by atoms with van der Waals surface area (Å²) >= 11 is 14.1. The third-order valence-electron chi connectivity index (χ3n) is 6.55. The summed E-state index contributed by atoms with van der Waals surface area (Å²) in [6, 6.07) is 20.4. The number of carboxylic acids is 1. The second-order valence-electron chi connectivity index (χ2n) is 8.92. The molecular weight excluding hydrogens is 531 g/mol. The van der Waals surface area contributed by atoms with E-state index in [0.717, 1.165) is 27.1 Å². The van der Waals surface area contributed by atoms with Gasteiger partial charge in [0.1, 0.15) is 6.61 Å². The molecule has 6 nitrogen and oxygen atoms in total. The van der Waals surface area contributed by atoms with Gasteiger partial charge in [-0.25, -0.2) is 4.79 Å². The number of rotatable bonds is 7. The Kier molecular flexibility index (Phi) is 6.94. The van der Waals surface area contributed by atoms with Crippen molar-refractivity contribution in [1.82, 2.24) is 4.37 Å². The van der Waals surface area contributed by atoms with Crippen LogP contribution in [0.3, 0.4) is 0 Å². The average molecular weight is 553 g/mol. The summed E-state index contributed by atoms with van der Waals surface area (Å²) in [7, 11) is 0. The fraction of sp³-hybridized carbons (Fsp3) is 0.179. The zero-order valence-corrected chi connectivity index (χ0v) is 22.1. The Bertz CT molecular complexity index is 1500. The number of aryl methyl sites for hydroxylation is 1. The predicted molar refractivity (Wildman–Crippen MR) is 147 cm³/mol. The van der Waals surface area contributed by atoms with Gasteiger partial charge in [0.15, 0.2) is 0 Å². The summed E-state index contributed by atoms with van der Waals surface area (Å²) < 4.78 is 9.76. The van der Waals surface area contributed by atoms with Gasteiger partial charge in [0.25, 0.3) is 0 Å². The molecule has 1 saturated carbocycles. The molecule has 1 aromatic heterocycles. The van der Waals surface area contributed by atoms with E-state index in [9.17, 15) is 14.7 Å². The molecule has 1 amide bonds. The van der Waals surface area contributed by atoms with Crippen LogP contribution in [-0.4, -0.2) is 21.5 Å². The molecule has 0 spiro atoms. The fourth-order valence-corrected chi connectivity index (χ4v) is 5.62. The van der Waals surface area contributed by atoms with Crippen molar-refractivity contribution in [2.45, 2.75) is 31.8 Å². The lowest BCUT2D eigenvalue weighted by Gasteiger charge is -2.12. The highest BCUT2D eigenvalue weighted by molar-refractivity contribution is 7.10. The van der Waals surface area contributed by atoms with Gasteiger partial charge in [-0.1, -0.05) is 77.8 Å². The van der Waals surface area contributed by atoms with Crippen molar-refractivity contribution in [3.05, 3.63) is 93.6 Å². The Labute approximate surface area is 228 Å².